The summed E-state index contributed by atoms with van der Waals surface area (Å²) in [4.78, 5) is 7.17. The summed E-state index contributed by atoms with van der Waals surface area (Å²) in [6.07, 6.45) is 3.67. The lowest BCUT2D eigenvalue weighted by Gasteiger charge is -1.82. The molecule has 0 spiro atoms. The van der Waals surface area contributed by atoms with E-state index in [0.717, 1.165) is 11.0 Å². The molecular formula is C7H8Cl2N2. The normalized spacial score (nSPS) is 8.36. The Kier molecular flexibility index (Phi) is 3.93. The van der Waals surface area contributed by atoms with Gasteiger partial charge in [-0.3, -0.25) is 4.98 Å². The fraction of sp³-hybridized carbons (Fsp3) is 0. The van der Waals surface area contributed by atoms with Gasteiger partial charge in [0.1, 0.15) is 0 Å². The van der Waals surface area contributed by atoms with E-state index in [1.54, 1.807) is 6.20 Å². The fourth-order valence-corrected chi connectivity index (χ4v) is 0.883. The maximum atomic E-state index is 4.11. The SMILES string of the molecule is Cl.Cl.c1cnc2cc[nH]c2c1. The molecule has 2 aromatic heterocycles. The van der Waals surface area contributed by atoms with Crippen LogP contribution in [-0.4, -0.2) is 9.97 Å². The lowest BCUT2D eigenvalue weighted by atomic mass is 10.4. The molecule has 0 aliphatic carbocycles. The Hall–Kier alpha value is -0.730. The standard InChI is InChI=1S/C7H6N2.2ClH/c1-2-6-7(8-4-1)3-5-9-6;;/h1-5,9H;2*1H. The highest BCUT2D eigenvalue weighted by atomic mass is 35.5. The highest BCUT2D eigenvalue weighted by molar-refractivity contribution is 5.85. The molecule has 1 N–H and O–H groups in total. The average molecular weight is 191 g/mol. The Morgan fingerprint density at radius 1 is 1.18 bits per heavy atom. The van der Waals surface area contributed by atoms with Gasteiger partial charge in [-0.1, -0.05) is 0 Å². The summed E-state index contributed by atoms with van der Waals surface area (Å²) >= 11 is 0. The van der Waals surface area contributed by atoms with Crippen LogP contribution in [0.4, 0.5) is 0 Å². The molecule has 2 heterocycles. The van der Waals surface area contributed by atoms with Crippen LogP contribution >= 0.6 is 24.8 Å². The van der Waals surface area contributed by atoms with Gasteiger partial charge in [0, 0.05) is 12.4 Å². The predicted molar refractivity (Wildman–Crippen MR) is 50.6 cm³/mol. The quantitative estimate of drug-likeness (QED) is 0.680. The van der Waals surface area contributed by atoms with Crippen LogP contribution in [0.15, 0.2) is 30.6 Å². The molecule has 2 aromatic rings. The van der Waals surface area contributed by atoms with Crippen molar-refractivity contribution in [3.05, 3.63) is 30.6 Å². The molecule has 2 nitrogen and oxygen atoms in total. The second-order valence-corrected chi connectivity index (χ2v) is 1.91. The van der Waals surface area contributed by atoms with Crippen LogP contribution in [0.25, 0.3) is 11.0 Å². The predicted octanol–water partition coefficient (Wildman–Crippen LogP) is 2.41. The number of aromatic amines is 1. The molecule has 0 aliphatic rings. The van der Waals surface area contributed by atoms with E-state index >= 15 is 0 Å². The van der Waals surface area contributed by atoms with Crippen molar-refractivity contribution in [3.63, 3.8) is 0 Å². The number of pyridine rings is 1. The minimum absolute atomic E-state index is 0. The van der Waals surface area contributed by atoms with Crippen molar-refractivity contribution in [1.29, 1.82) is 0 Å². The molecule has 0 saturated heterocycles. The summed E-state index contributed by atoms with van der Waals surface area (Å²) in [5.41, 5.74) is 2.12. The van der Waals surface area contributed by atoms with Crippen LogP contribution in [0.2, 0.25) is 0 Å². The van der Waals surface area contributed by atoms with Crippen molar-refractivity contribution in [1.82, 2.24) is 9.97 Å². The van der Waals surface area contributed by atoms with Gasteiger partial charge in [0.05, 0.1) is 11.0 Å². The maximum Gasteiger partial charge on any atom is 0.0878 e. The van der Waals surface area contributed by atoms with Crippen molar-refractivity contribution in [2.24, 2.45) is 0 Å². The largest absolute Gasteiger partial charge is 0.360 e. The van der Waals surface area contributed by atoms with Crippen molar-refractivity contribution in [2.45, 2.75) is 0 Å². The Labute approximate surface area is 76.8 Å². The number of nitrogens with zero attached hydrogens (tertiary/aromatic N) is 1. The second-order valence-electron chi connectivity index (χ2n) is 1.91. The van der Waals surface area contributed by atoms with Gasteiger partial charge in [0.2, 0.25) is 0 Å². The molecule has 0 aliphatic heterocycles. The first-order valence-corrected chi connectivity index (χ1v) is 2.85. The lowest BCUT2D eigenvalue weighted by molar-refractivity contribution is 1.41. The van der Waals surface area contributed by atoms with E-state index in [0.29, 0.717) is 0 Å². The Morgan fingerprint density at radius 3 is 2.73 bits per heavy atom. The van der Waals surface area contributed by atoms with Gasteiger partial charge in [-0.15, -0.1) is 24.8 Å². The summed E-state index contributed by atoms with van der Waals surface area (Å²) in [6, 6.07) is 5.87. The van der Waals surface area contributed by atoms with Gasteiger partial charge in [0.25, 0.3) is 0 Å². The molecule has 0 fully saturated rings. The number of aromatic nitrogens is 2. The second kappa shape index (κ2) is 4.21. The maximum absolute atomic E-state index is 4.11. The monoisotopic (exact) mass is 190 g/mol. The number of hydrogen-bond acceptors (Lipinski definition) is 1. The van der Waals surface area contributed by atoms with Crippen LogP contribution < -0.4 is 0 Å². The fourth-order valence-electron chi connectivity index (χ4n) is 0.883. The Balaban J connectivity index is 0.000000500. The van der Waals surface area contributed by atoms with E-state index in [1.165, 1.54) is 0 Å². The highest BCUT2D eigenvalue weighted by Gasteiger charge is 1.88. The van der Waals surface area contributed by atoms with Gasteiger partial charge >= 0.3 is 0 Å². The summed E-state index contributed by atoms with van der Waals surface area (Å²) in [5.74, 6) is 0. The topological polar surface area (TPSA) is 28.7 Å². The minimum Gasteiger partial charge on any atom is -0.360 e. The molecule has 0 aromatic carbocycles. The van der Waals surface area contributed by atoms with Gasteiger partial charge in [0.15, 0.2) is 0 Å². The van der Waals surface area contributed by atoms with Gasteiger partial charge in [-0.25, -0.2) is 0 Å². The zero-order chi connectivity index (χ0) is 6.10. The highest BCUT2D eigenvalue weighted by Crippen LogP contribution is 2.05. The number of halogens is 2. The van der Waals surface area contributed by atoms with Crippen LogP contribution in [-0.2, 0) is 0 Å². The molecule has 0 bridgehead atoms. The summed E-state index contributed by atoms with van der Waals surface area (Å²) in [5, 5.41) is 0. The smallest absolute Gasteiger partial charge is 0.0878 e. The first-order valence-electron chi connectivity index (χ1n) is 2.85. The molecular weight excluding hydrogens is 183 g/mol. The third-order valence-corrected chi connectivity index (χ3v) is 1.32. The lowest BCUT2D eigenvalue weighted by Crippen LogP contribution is -1.68. The number of H-pyrrole nitrogens is 1. The van der Waals surface area contributed by atoms with Crippen LogP contribution in [0.1, 0.15) is 0 Å². The molecule has 0 atom stereocenters. The number of nitrogens with one attached hydrogen (secondary N) is 1. The first-order chi connectivity index (χ1) is 4.47. The van der Waals surface area contributed by atoms with Gasteiger partial charge in [-0.2, -0.15) is 0 Å². The number of fused-ring (bicyclic) bond motifs is 1. The number of rotatable bonds is 0. The van der Waals surface area contributed by atoms with Gasteiger partial charge in [-0.05, 0) is 18.2 Å². The molecule has 0 amide bonds. The summed E-state index contributed by atoms with van der Waals surface area (Å²) < 4.78 is 0. The van der Waals surface area contributed by atoms with E-state index < -0.39 is 0 Å². The molecule has 0 radical (unpaired) electrons. The van der Waals surface area contributed by atoms with E-state index in [9.17, 15) is 0 Å². The Morgan fingerprint density at radius 2 is 2.00 bits per heavy atom. The van der Waals surface area contributed by atoms with Crippen LogP contribution in [0, 0.1) is 0 Å². The molecule has 2 rings (SSSR count). The molecule has 11 heavy (non-hydrogen) atoms. The van der Waals surface area contributed by atoms with Crippen molar-refractivity contribution in [2.75, 3.05) is 0 Å². The third-order valence-electron chi connectivity index (χ3n) is 1.32. The molecule has 0 unspecified atom stereocenters. The molecule has 60 valence electrons. The number of hydrogen-bond donors (Lipinski definition) is 1. The summed E-state index contributed by atoms with van der Waals surface area (Å²) in [6.45, 7) is 0. The minimum atomic E-state index is 0. The Bertz CT molecular complexity index is 288. The van der Waals surface area contributed by atoms with Crippen molar-refractivity contribution < 1.29 is 0 Å². The first kappa shape index (κ1) is 10.3. The third kappa shape index (κ3) is 1.85. The van der Waals surface area contributed by atoms with Gasteiger partial charge < -0.3 is 4.98 Å². The van der Waals surface area contributed by atoms with E-state index in [2.05, 4.69) is 9.97 Å². The van der Waals surface area contributed by atoms with Crippen molar-refractivity contribution >= 4 is 35.8 Å². The van der Waals surface area contributed by atoms with E-state index in [1.807, 2.05) is 24.4 Å². The summed E-state index contributed by atoms with van der Waals surface area (Å²) in [7, 11) is 0. The van der Waals surface area contributed by atoms with Crippen LogP contribution in [0.5, 0.6) is 0 Å². The van der Waals surface area contributed by atoms with E-state index in [4.69, 9.17) is 0 Å². The van der Waals surface area contributed by atoms with Crippen molar-refractivity contribution in [3.8, 4) is 0 Å². The van der Waals surface area contributed by atoms with E-state index in [-0.39, 0.29) is 24.8 Å². The van der Waals surface area contributed by atoms with Crippen LogP contribution in [0.3, 0.4) is 0 Å². The average Bonchev–Trinajstić information content (AvgIpc) is 2.33. The zero-order valence-corrected chi connectivity index (χ0v) is 7.28. The molecule has 4 heteroatoms. The molecule has 0 saturated carbocycles. The zero-order valence-electron chi connectivity index (χ0n) is 5.65.